The zero-order valence-electron chi connectivity index (χ0n) is 14.4. The van der Waals surface area contributed by atoms with Crippen LogP contribution in [0.4, 0.5) is 11.8 Å². The fraction of sp³-hybridized carbons (Fsp3) is 0.474. The van der Waals surface area contributed by atoms with Gasteiger partial charge in [0.2, 0.25) is 5.95 Å². The average molecular weight is 310 g/mol. The molecule has 2 aromatic rings. The summed E-state index contributed by atoms with van der Waals surface area (Å²) in [4.78, 5) is 14.0. The molecule has 4 nitrogen and oxygen atoms in total. The Bertz CT molecular complexity index is 633. The van der Waals surface area contributed by atoms with Gasteiger partial charge in [-0.15, -0.1) is 0 Å². The molecule has 122 valence electrons. The fourth-order valence-electron chi connectivity index (χ4n) is 3.02. The van der Waals surface area contributed by atoms with Crippen LogP contribution >= 0.6 is 0 Å². The average Bonchev–Trinajstić information content (AvgIpc) is 2.56. The van der Waals surface area contributed by atoms with Crippen LogP contribution in [0.25, 0.3) is 0 Å². The highest BCUT2D eigenvalue weighted by Gasteiger charge is 2.19. The molecule has 23 heavy (non-hydrogen) atoms. The first-order valence-corrected chi connectivity index (χ1v) is 8.47. The highest BCUT2D eigenvalue weighted by Crippen LogP contribution is 2.23. The van der Waals surface area contributed by atoms with Gasteiger partial charge in [0.1, 0.15) is 5.82 Å². The summed E-state index contributed by atoms with van der Waals surface area (Å²) >= 11 is 0. The maximum absolute atomic E-state index is 4.82. The van der Waals surface area contributed by atoms with Crippen molar-refractivity contribution < 1.29 is 0 Å². The lowest BCUT2D eigenvalue weighted by atomic mass is 10.00. The molecular weight excluding hydrogens is 284 g/mol. The summed E-state index contributed by atoms with van der Waals surface area (Å²) in [5.74, 6) is 2.69. The Hall–Kier alpha value is -2.10. The molecule has 2 heterocycles. The molecule has 1 saturated heterocycles. The van der Waals surface area contributed by atoms with E-state index in [0.29, 0.717) is 0 Å². The lowest BCUT2D eigenvalue weighted by Crippen LogP contribution is -2.34. The second kappa shape index (κ2) is 6.99. The first-order chi connectivity index (χ1) is 11.1. The third kappa shape index (κ3) is 4.01. The number of piperidine rings is 1. The van der Waals surface area contributed by atoms with E-state index < -0.39 is 0 Å². The van der Waals surface area contributed by atoms with Crippen molar-refractivity contribution in [2.75, 3.05) is 29.9 Å². The maximum atomic E-state index is 4.82. The largest absolute Gasteiger partial charge is 0.355 e. The van der Waals surface area contributed by atoms with Gasteiger partial charge in [0, 0.05) is 38.4 Å². The van der Waals surface area contributed by atoms with Crippen LogP contribution in [0.2, 0.25) is 0 Å². The molecule has 1 fully saturated rings. The first-order valence-electron chi connectivity index (χ1n) is 8.47. The molecule has 1 aliphatic rings. The summed E-state index contributed by atoms with van der Waals surface area (Å²) in [7, 11) is 2.09. The Labute approximate surface area is 139 Å². The molecule has 0 bridgehead atoms. The van der Waals surface area contributed by atoms with Gasteiger partial charge in [-0.05, 0) is 31.2 Å². The molecule has 1 aromatic heterocycles. The third-order valence-corrected chi connectivity index (χ3v) is 4.55. The van der Waals surface area contributed by atoms with E-state index in [2.05, 4.69) is 66.0 Å². The molecule has 0 aliphatic carbocycles. The van der Waals surface area contributed by atoms with Crippen LogP contribution in [0, 0.1) is 12.8 Å². The van der Waals surface area contributed by atoms with Crippen molar-refractivity contribution in [3.8, 4) is 0 Å². The first kappa shape index (κ1) is 15.8. The number of aromatic nitrogens is 2. The van der Waals surface area contributed by atoms with E-state index in [1.165, 1.54) is 18.4 Å². The van der Waals surface area contributed by atoms with Crippen molar-refractivity contribution in [3.63, 3.8) is 0 Å². The van der Waals surface area contributed by atoms with Crippen LogP contribution in [0.5, 0.6) is 0 Å². The van der Waals surface area contributed by atoms with Crippen LogP contribution < -0.4 is 9.80 Å². The van der Waals surface area contributed by atoms with Crippen molar-refractivity contribution in [1.29, 1.82) is 0 Å². The number of nitrogens with zero attached hydrogens (tertiary/aromatic N) is 4. The highest BCUT2D eigenvalue weighted by molar-refractivity contribution is 5.46. The Morgan fingerprint density at radius 3 is 2.52 bits per heavy atom. The van der Waals surface area contributed by atoms with Gasteiger partial charge in [0.15, 0.2) is 0 Å². The van der Waals surface area contributed by atoms with Crippen LogP contribution in [0.1, 0.15) is 31.0 Å². The minimum Gasteiger partial charge on any atom is -0.355 e. The number of hydrogen-bond donors (Lipinski definition) is 0. The van der Waals surface area contributed by atoms with Gasteiger partial charge < -0.3 is 9.80 Å². The number of benzene rings is 1. The third-order valence-electron chi connectivity index (χ3n) is 4.55. The fourth-order valence-corrected chi connectivity index (χ4v) is 3.02. The Balaban J connectivity index is 1.77. The minimum atomic E-state index is 0.816. The van der Waals surface area contributed by atoms with Gasteiger partial charge in [-0.3, -0.25) is 0 Å². The monoisotopic (exact) mass is 310 g/mol. The normalized spacial score (nSPS) is 15.7. The van der Waals surface area contributed by atoms with Gasteiger partial charge in [0.25, 0.3) is 0 Å². The van der Waals surface area contributed by atoms with E-state index in [0.717, 1.165) is 43.0 Å². The van der Waals surface area contributed by atoms with Crippen LogP contribution in [-0.2, 0) is 6.54 Å². The summed E-state index contributed by atoms with van der Waals surface area (Å²) in [5.41, 5.74) is 2.32. The summed E-state index contributed by atoms with van der Waals surface area (Å²) in [5, 5.41) is 0. The van der Waals surface area contributed by atoms with Crippen LogP contribution in [0.3, 0.4) is 0 Å². The van der Waals surface area contributed by atoms with Crippen molar-refractivity contribution >= 4 is 11.8 Å². The Morgan fingerprint density at radius 1 is 1.13 bits per heavy atom. The van der Waals surface area contributed by atoms with Gasteiger partial charge in [-0.2, -0.15) is 4.98 Å². The Morgan fingerprint density at radius 2 is 1.83 bits per heavy atom. The van der Waals surface area contributed by atoms with E-state index in [4.69, 9.17) is 4.98 Å². The van der Waals surface area contributed by atoms with Crippen molar-refractivity contribution in [3.05, 3.63) is 47.7 Å². The SMILES string of the molecule is Cc1cc(N(C)Cc2ccccc2)nc(N2CCC(C)CC2)n1. The van der Waals surface area contributed by atoms with Crippen molar-refractivity contribution in [2.24, 2.45) is 5.92 Å². The van der Waals surface area contributed by atoms with Crippen LogP contribution in [0.15, 0.2) is 36.4 Å². The number of hydrogen-bond acceptors (Lipinski definition) is 4. The van der Waals surface area contributed by atoms with E-state index in [9.17, 15) is 0 Å². The summed E-state index contributed by atoms with van der Waals surface area (Å²) in [6.45, 7) is 7.36. The number of rotatable bonds is 4. The van der Waals surface area contributed by atoms with E-state index in [-0.39, 0.29) is 0 Å². The second-order valence-corrected chi connectivity index (χ2v) is 6.68. The predicted octanol–water partition coefficient (Wildman–Crippen LogP) is 3.66. The molecule has 3 rings (SSSR count). The molecule has 0 saturated carbocycles. The topological polar surface area (TPSA) is 32.3 Å². The molecule has 0 radical (unpaired) electrons. The molecule has 0 spiro atoms. The summed E-state index contributed by atoms with van der Waals surface area (Å²) in [6.07, 6.45) is 2.46. The zero-order chi connectivity index (χ0) is 16.2. The highest BCUT2D eigenvalue weighted by atomic mass is 15.3. The van der Waals surface area contributed by atoms with Gasteiger partial charge in [0.05, 0.1) is 0 Å². The lowest BCUT2D eigenvalue weighted by molar-refractivity contribution is 0.434. The molecular formula is C19H26N4. The standard InChI is InChI=1S/C19H26N4/c1-15-9-11-23(12-10-15)19-20-16(2)13-18(21-19)22(3)14-17-7-5-4-6-8-17/h4-8,13,15H,9-12,14H2,1-3H3. The van der Waals surface area contributed by atoms with Gasteiger partial charge >= 0.3 is 0 Å². The molecule has 1 aliphatic heterocycles. The van der Waals surface area contributed by atoms with Gasteiger partial charge in [-0.1, -0.05) is 37.3 Å². The summed E-state index contributed by atoms with van der Waals surface area (Å²) in [6, 6.07) is 12.6. The van der Waals surface area contributed by atoms with E-state index in [1.54, 1.807) is 0 Å². The number of aryl methyl sites for hydroxylation is 1. The van der Waals surface area contributed by atoms with E-state index >= 15 is 0 Å². The molecule has 0 N–H and O–H groups in total. The second-order valence-electron chi connectivity index (χ2n) is 6.68. The Kier molecular flexibility index (Phi) is 4.79. The van der Waals surface area contributed by atoms with Crippen molar-refractivity contribution in [1.82, 2.24) is 9.97 Å². The predicted molar refractivity (Wildman–Crippen MR) is 95.9 cm³/mol. The smallest absolute Gasteiger partial charge is 0.227 e. The van der Waals surface area contributed by atoms with Crippen LogP contribution in [-0.4, -0.2) is 30.1 Å². The van der Waals surface area contributed by atoms with Gasteiger partial charge in [-0.25, -0.2) is 4.98 Å². The zero-order valence-corrected chi connectivity index (χ0v) is 14.4. The molecule has 0 amide bonds. The molecule has 0 atom stereocenters. The van der Waals surface area contributed by atoms with E-state index in [1.807, 2.05) is 6.07 Å². The quantitative estimate of drug-likeness (QED) is 0.863. The number of anilines is 2. The maximum Gasteiger partial charge on any atom is 0.227 e. The minimum absolute atomic E-state index is 0.816. The lowest BCUT2D eigenvalue weighted by Gasteiger charge is -2.31. The molecule has 4 heteroatoms. The molecule has 0 unspecified atom stereocenters. The van der Waals surface area contributed by atoms with Crippen molar-refractivity contribution in [2.45, 2.75) is 33.2 Å². The molecule has 1 aromatic carbocycles. The summed E-state index contributed by atoms with van der Waals surface area (Å²) < 4.78 is 0.